The number of phenolic OH excluding ortho intramolecular Hbond substituents is 1. The number of nitrogen functional groups attached to an aromatic ring is 1. The molecule has 1 saturated carbocycles. The second-order valence-electron chi connectivity index (χ2n) is 13.5. The van der Waals surface area contributed by atoms with Gasteiger partial charge in [0.2, 0.25) is 11.8 Å². The number of carbonyl (C=O) groups is 2. The second kappa shape index (κ2) is 13.2. The molecule has 4 N–H and O–H groups in total. The number of halogens is 2. The molecule has 2 saturated heterocycles. The number of carbonyl (C=O) groups excluding carboxylic acids is 2. The van der Waals surface area contributed by atoms with Crippen LogP contribution in [0.1, 0.15) is 62.5 Å². The van der Waals surface area contributed by atoms with E-state index in [-0.39, 0.29) is 48.4 Å². The molecule has 7 rings (SSSR count). The lowest BCUT2D eigenvalue weighted by Crippen LogP contribution is -2.52. The number of imide groups is 1. The van der Waals surface area contributed by atoms with E-state index in [2.05, 4.69) is 20.6 Å². The second-order valence-corrected chi connectivity index (χ2v) is 13.5. The van der Waals surface area contributed by atoms with Crippen molar-refractivity contribution in [3.05, 3.63) is 72.6 Å². The van der Waals surface area contributed by atoms with Crippen LogP contribution in [0.2, 0.25) is 0 Å². The summed E-state index contributed by atoms with van der Waals surface area (Å²) in [6.45, 7) is 0.294. The Kier molecular flexibility index (Phi) is 8.78. The number of hydrogen-bond donors (Lipinski definition) is 3. The predicted octanol–water partition coefficient (Wildman–Crippen LogP) is 5.14. The summed E-state index contributed by atoms with van der Waals surface area (Å²) in [5, 5.41) is 25.6. The molecular weight excluding hydrogens is 630 g/mol. The first kappa shape index (κ1) is 32.6. The molecule has 2 aromatic heterocycles. The maximum absolute atomic E-state index is 15.8. The highest BCUT2D eigenvalue weighted by Gasteiger charge is 2.47. The number of rotatable bonds is 7. The Morgan fingerprint density at radius 2 is 1.73 bits per heavy atom. The maximum atomic E-state index is 15.8. The fourth-order valence-electron chi connectivity index (χ4n) is 7.70. The van der Waals surface area contributed by atoms with Crippen LogP contribution in [0.5, 0.6) is 5.75 Å². The molecule has 13 heteroatoms. The zero-order valence-corrected chi connectivity index (χ0v) is 27.3. The summed E-state index contributed by atoms with van der Waals surface area (Å²) in [4.78, 5) is 27.7. The van der Waals surface area contributed by atoms with Crippen molar-refractivity contribution in [2.75, 3.05) is 30.8 Å². The van der Waals surface area contributed by atoms with E-state index in [9.17, 15) is 14.7 Å². The highest BCUT2D eigenvalue weighted by molar-refractivity contribution is 6.01. The molecule has 0 bridgehead atoms. The Balaban J connectivity index is 0.974. The average molecular weight is 671 g/mol. The van der Waals surface area contributed by atoms with E-state index in [1.807, 2.05) is 27.9 Å². The fraction of sp³-hybridized carbons (Fsp3) is 0.417. The SMILES string of the molecule is CN(c1cccc([C@@H]2CCN([C@H]3CC[C@H](n4cc(-c5cc(-c6ccccc6O)nnc5N)cn4)CC3)CC2(F)F)c1)[C@H]1CCC(=O)NC1=O. The molecule has 2 atom stereocenters. The monoisotopic (exact) mass is 670 g/mol. The predicted molar refractivity (Wildman–Crippen MR) is 181 cm³/mol. The number of benzene rings is 2. The van der Waals surface area contributed by atoms with Gasteiger partial charge in [-0.05, 0) is 81.0 Å². The van der Waals surface area contributed by atoms with Crippen LogP contribution in [0.4, 0.5) is 20.3 Å². The van der Waals surface area contributed by atoms with E-state index in [1.54, 1.807) is 60.6 Å². The standard InChI is InChI=1S/C36H40F2N8O3/c1-44(31-13-14-33(48)41-35(31)49)26-6-4-5-22(17-26)29-15-16-45(21-36(29,37)38)24-9-11-25(12-10-24)46-20-23(19-40-46)28-18-30(42-43-34(28)39)27-7-2-3-8-32(27)47/h2-8,17-20,24-25,29,31,47H,9-16,21H2,1H3,(H2,39,43)(H,41,48,49)/t24-,25-,29-,31-/m0/s1. The van der Waals surface area contributed by atoms with Gasteiger partial charge in [0.05, 0.1) is 30.4 Å². The molecule has 0 unspecified atom stereocenters. The van der Waals surface area contributed by atoms with E-state index in [0.717, 1.165) is 31.2 Å². The first-order valence-corrected chi connectivity index (χ1v) is 16.8. The Bertz CT molecular complexity index is 1860. The largest absolute Gasteiger partial charge is 0.507 e. The van der Waals surface area contributed by atoms with Gasteiger partial charge < -0.3 is 15.7 Å². The number of amides is 2. The number of para-hydroxylation sites is 1. The number of alkyl halides is 2. The van der Waals surface area contributed by atoms with Gasteiger partial charge in [-0.3, -0.25) is 24.5 Å². The molecule has 4 heterocycles. The van der Waals surface area contributed by atoms with Crippen LogP contribution in [0.3, 0.4) is 0 Å². The number of anilines is 2. The molecule has 256 valence electrons. The van der Waals surface area contributed by atoms with Gasteiger partial charge in [-0.2, -0.15) is 5.10 Å². The Morgan fingerprint density at radius 3 is 2.49 bits per heavy atom. The van der Waals surface area contributed by atoms with Gasteiger partial charge in [-0.15, -0.1) is 10.2 Å². The number of hydrogen-bond acceptors (Lipinski definition) is 9. The summed E-state index contributed by atoms with van der Waals surface area (Å²) in [6.07, 6.45) is 7.90. The number of nitrogens with two attached hydrogens (primary N) is 1. The van der Waals surface area contributed by atoms with Crippen molar-refractivity contribution in [2.24, 2.45) is 0 Å². The van der Waals surface area contributed by atoms with Crippen molar-refractivity contribution in [1.82, 2.24) is 30.2 Å². The molecule has 4 aromatic rings. The fourth-order valence-corrected chi connectivity index (χ4v) is 7.70. The average Bonchev–Trinajstić information content (AvgIpc) is 3.58. The number of piperidine rings is 2. The van der Waals surface area contributed by atoms with Crippen molar-refractivity contribution < 1.29 is 23.5 Å². The number of phenols is 1. The van der Waals surface area contributed by atoms with Crippen LogP contribution in [0, 0.1) is 0 Å². The highest BCUT2D eigenvalue weighted by Crippen LogP contribution is 2.44. The minimum atomic E-state index is -2.91. The number of nitrogens with one attached hydrogen (secondary N) is 1. The van der Waals surface area contributed by atoms with Crippen LogP contribution in [0.25, 0.3) is 22.4 Å². The minimum absolute atomic E-state index is 0.0734. The molecule has 11 nitrogen and oxygen atoms in total. The lowest BCUT2D eigenvalue weighted by atomic mass is 9.83. The first-order chi connectivity index (χ1) is 23.6. The molecule has 1 aliphatic carbocycles. The summed E-state index contributed by atoms with van der Waals surface area (Å²) < 4.78 is 33.6. The molecule has 2 aliphatic heterocycles. The van der Waals surface area contributed by atoms with Gasteiger partial charge in [0.15, 0.2) is 5.82 Å². The Hall–Kier alpha value is -4.91. The van der Waals surface area contributed by atoms with Crippen LogP contribution >= 0.6 is 0 Å². The van der Waals surface area contributed by atoms with Crippen LogP contribution in [0.15, 0.2) is 67.0 Å². The normalized spacial score (nSPS) is 24.4. The molecule has 49 heavy (non-hydrogen) atoms. The van der Waals surface area contributed by atoms with E-state index in [4.69, 9.17) is 5.73 Å². The van der Waals surface area contributed by atoms with Crippen molar-refractivity contribution in [1.29, 1.82) is 0 Å². The topological polar surface area (TPSA) is 142 Å². The smallest absolute Gasteiger partial charge is 0.267 e. The third kappa shape index (κ3) is 6.59. The number of aromatic hydroxyl groups is 1. The zero-order valence-electron chi connectivity index (χ0n) is 27.3. The lowest BCUT2D eigenvalue weighted by molar-refractivity contribution is -0.134. The molecule has 2 amide bonds. The zero-order chi connectivity index (χ0) is 34.3. The molecule has 3 fully saturated rings. The maximum Gasteiger partial charge on any atom is 0.267 e. The van der Waals surface area contributed by atoms with Gasteiger partial charge in [-0.1, -0.05) is 24.3 Å². The van der Waals surface area contributed by atoms with Crippen LogP contribution < -0.4 is 16.0 Å². The van der Waals surface area contributed by atoms with Gasteiger partial charge in [0.1, 0.15) is 11.8 Å². The van der Waals surface area contributed by atoms with Gasteiger partial charge >= 0.3 is 0 Å². The van der Waals surface area contributed by atoms with Crippen molar-refractivity contribution in [3.63, 3.8) is 0 Å². The van der Waals surface area contributed by atoms with Crippen molar-refractivity contribution in [3.8, 4) is 28.1 Å². The summed E-state index contributed by atoms with van der Waals surface area (Å²) in [5.74, 6) is -4.11. The molecule has 0 spiro atoms. The Labute approximate surface area is 283 Å². The number of likely N-dealkylation sites (tertiary alicyclic amines) is 1. The molecule has 0 radical (unpaired) electrons. The molecular formula is C36H40F2N8O3. The van der Waals surface area contributed by atoms with Crippen molar-refractivity contribution >= 4 is 23.3 Å². The first-order valence-electron chi connectivity index (χ1n) is 16.8. The quantitative estimate of drug-likeness (QED) is 0.228. The third-order valence-corrected chi connectivity index (χ3v) is 10.5. The van der Waals surface area contributed by atoms with E-state index < -0.39 is 17.9 Å². The number of nitrogens with zero attached hydrogens (tertiary/aromatic N) is 6. The minimum Gasteiger partial charge on any atom is -0.507 e. The summed E-state index contributed by atoms with van der Waals surface area (Å²) in [5.41, 5.74) is 9.97. The lowest BCUT2D eigenvalue weighted by Gasteiger charge is -2.44. The van der Waals surface area contributed by atoms with Gasteiger partial charge in [0.25, 0.3) is 5.92 Å². The number of aromatic nitrogens is 4. The van der Waals surface area contributed by atoms with Gasteiger partial charge in [0, 0.05) is 48.1 Å². The van der Waals surface area contributed by atoms with E-state index in [1.165, 1.54) is 0 Å². The van der Waals surface area contributed by atoms with E-state index in [0.29, 0.717) is 47.5 Å². The Morgan fingerprint density at radius 1 is 0.959 bits per heavy atom. The third-order valence-electron chi connectivity index (χ3n) is 10.5. The molecule has 2 aromatic carbocycles. The van der Waals surface area contributed by atoms with E-state index >= 15 is 8.78 Å². The summed E-state index contributed by atoms with van der Waals surface area (Å²) >= 11 is 0. The summed E-state index contributed by atoms with van der Waals surface area (Å²) in [6, 6.07) is 15.5. The van der Waals surface area contributed by atoms with Gasteiger partial charge in [-0.25, -0.2) is 8.78 Å². The number of likely N-dealkylation sites (N-methyl/N-ethyl adjacent to an activating group) is 1. The van der Waals surface area contributed by atoms with Crippen LogP contribution in [-0.4, -0.2) is 79.9 Å². The molecule has 3 aliphatic rings. The van der Waals surface area contributed by atoms with Crippen LogP contribution in [-0.2, 0) is 9.59 Å². The summed E-state index contributed by atoms with van der Waals surface area (Å²) in [7, 11) is 1.76. The van der Waals surface area contributed by atoms with Crippen molar-refractivity contribution in [2.45, 2.75) is 74.9 Å². The highest BCUT2D eigenvalue weighted by atomic mass is 19.3.